The number of sulfonamides is 1. The lowest BCUT2D eigenvalue weighted by molar-refractivity contribution is -0.0406. The zero-order chi connectivity index (χ0) is 20.6. The molecule has 0 aromatic heterocycles. The molecule has 0 radical (unpaired) electrons. The van der Waals surface area contributed by atoms with E-state index in [0.29, 0.717) is 5.69 Å². The summed E-state index contributed by atoms with van der Waals surface area (Å²) in [6, 6.07) is 11.2. The molecule has 1 heterocycles. The predicted octanol–water partition coefficient (Wildman–Crippen LogP) is 4.22. The molecule has 1 aliphatic heterocycles. The van der Waals surface area contributed by atoms with Gasteiger partial charge in [0.25, 0.3) is 0 Å². The number of ether oxygens (including phenoxy) is 3. The van der Waals surface area contributed by atoms with Crippen molar-refractivity contribution in [2.24, 2.45) is 0 Å². The van der Waals surface area contributed by atoms with E-state index in [0.717, 1.165) is 53.7 Å². The maximum atomic E-state index is 11.7. The molecule has 6 nitrogen and oxygen atoms in total. The summed E-state index contributed by atoms with van der Waals surface area (Å²) in [5.41, 5.74) is 3.54. The smallest absolute Gasteiger partial charge is 0.229 e. The van der Waals surface area contributed by atoms with Crippen LogP contribution in [0.2, 0.25) is 0 Å². The van der Waals surface area contributed by atoms with E-state index < -0.39 is 10.0 Å². The van der Waals surface area contributed by atoms with Crippen LogP contribution in [0, 0.1) is 0 Å². The van der Waals surface area contributed by atoms with Gasteiger partial charge >= 0.3 is 0 Å². The molecule has 29 heavy (non-hydrogen) atoms. The Morgan fingerprint density at radius 1 is 1.00 bits per heavy atom. The second-order valence-corrected chi connectivity index (χ2v) is 9.49. The van der Waals surface area contributed by atoms with Crippen LogP contribution in [-0.2, 0) is 14.8 Å². The van der Waals surface area contributed by atoms with Crippen LogP contribution in [-0.4, -0.2) is 35.0 Å². The molecule has 4 rings (SSSR count). The molecule has 3 atom stereocenters. The summed E-state index contributed by atoms with van der Waals surface area (Å²) in [7, 11) is -0.00727. The summed E-state index contributed by atoms with van der Waals surface area (Å²) < 4.78 is 44.0. The number of benzene rings is 2. The molecule has 1 aliphatic carbocycles. The van der Waals surface area contributed by atoms with Gasteiger partial charge in [-0.05, 0) is 42.7 Å². The Hall–Kier alpha value is -2.25. The van der Waals surface area contributed by atoms with Crippen molar-refractivity contribution in [1.29, 1.82) is 0 Å². The molecule has 0 spiro atoms. The van der Waals surface area contributed by atoms with Gasteiger partial charge in [-0.3, -0.25) is 4.72 Å². The van der Waals surface area contributed by atoms with E-state index in [-0.39, 0.29) is 18.1 Å². The molecule has 3 unspecified atom stereocenters. The Bertz CT molecular complexity index is 1000. The predicted molar refractivity (Wildman–Crippen MR) is 112 cm³/mol. The SMILES string of the molecule is COc1ccc(OC)c2c1C(c1cccc(NS(C)(=O)=O)c1)OC1CCCCC21. The molecular formula is C22H27NO5S. The zero-order valence-electron chi connectivity index (χ0n) is 17.0. The van der Waals surface area contributed by atoms with Crippen molar-refractivity contribution in [3.8, 4) is 11.5 Å². The first-order valence-electron chi connectivity index (χ1n) is 9.89. The first kappa shape index (κ1) is 20.0. The summed E-state index contributed by atoms with van der Waals surface area (Å²) in [4.78, 5) is 0. The molecular weight excluding hydrogens is 390 g/mol. The van der Waals surface area contributed by atoms with Crippen LogP contribution in [0.3, 0.4) is 0 Å². The third-order valence-electron chi connectivity index (χ3n) is 5.79. The van der Waals surface area contributed by atoms with Crippen LogP contribution in [0.5, 0.6) is 11.5 Å². The number of nitrogens with one attached hydrogen (secondary N) is 1. The molecule has 7 heteroatoms. The highest BCUT2D eigenvalue weighted by atomic mass is 32.2. The highest BCUT2D eigenvalue weighted by Gasteiger charge is 2.41. The molecule has 0 saturated heterocycles. The maximum Gasteiger partial charge on any atom is 0.229 e. The lowest BCUT2D eigenvalue weighted by atomic mass is 9.75. The third-order valence-corrected chi connectivity index (χ3v) is 6.39. The van der Waals surface area contributed by atoms with Crippen molar-refractivity contribution in [3.05, 3.63) is 53.1 Å². The van der Waals surface area contributed by atoms with Gasteiger partial charge in [-0.15, -0.1) is 0 Å². The van der Waals surface area contributed by atoms with Crippen LogP contribution >= 0.6 is 0 Å². The molecule has 0 amide bonds. The standard InChI is InChI=1S/C22H27NO5S/c1-26-18-11-12-19(27-2)21-20(18)16-9-4-5-10-17(16)28-22(21)14-7-6-8-15(13-14)23-29(3,24)25/h6-8,11-13,16-17,22-23H,4-5,9-10H2,1-3H3. The summed E-state index contributed by atoms with van der Waals surface area (Å²) in [5, 5.41) is 0. The molecule has 0 bridgehead atoms. The summed E-state index contributed by atoms with van der Waals surface area (Å²) in [6.45, 7) is 0. The van der Waals surface area contributed by atoms with Gasteiger partial charge in [-0.1, -0.05) is 25.0 Å². The van der Waals surface area contributed by atoms with Crippen LogP contribution in [0.1, 0.15) is 54.4 Å². The summed E-state index contributed by atoms with van der Waals surface area (Å²) in [5.74, 6) is 1.89. The van der Waals surface area contributed by atoms with E-state index in [2.05, 4.69) is 4.72 Å². The maximum absolute atomic E-state index is 11.7. The number of hydrogen-bond donors (Lipinski definition) is 1. The zero-order valence-corrected chi connectivity index (χ0v) is 17.8. The van der Waals surface area contributed by atoms with Crippen LogP contribution in [0.4, 0.5) is 5.69 Å². The Morgan fingerprint density at radius 3 is 2.38 bits per heavy atom. The van der Waals surface area contributed by atoms with Crippen molar-refractivity contribution < 1.29 is 22.6 Å². The number of fused-ring (bicyclic) bond motifs is 3. The van der Waals surface area contributed by atoms with Gasteiger partial charge in [-0.25, -0.2) is 8.42 Å². The van der Waals surface area contributed by atoms with Crippen molar-refractivity contribution in [2.75, 3.05) is 25.2 Å². The number of methoxy groups -OCH3 is 2. The van der Waals surface area contributed by atoms with Gasteiger partial charge in [0, 0.05) is 22.7 Å². The van der Waals surface area contributed by atoms with Crippen molar-refractivity contribution >= 4 is 15.7 Å². The highest BCUT2D eigenvalue weighted by Crippen LogP contribution is 2.52. The van der Waals surface area contributed by atoms with E-state index in [1.54, 1.807) is 20.3 Å². The first-order valence-corrected chi connectivity index (χ1v) is 11.8. The average Bonchev–Trinajstić information content (AvgIpc) is 2.71. The van der Waals surface area contributed by atoms with Gasteiger partial charge in [0.05, 0.1) is 26.6 Å². The van der Waals surface area contributed by atoms with Crippen molar-refractivity contribution in [1.82, 2.24) is 0 Å². The normalized spacial score (nSPS) is 23.6. The van der Waals surface area contributed by atoms with Gasteiger partial charge in [0.2, 0.25) is 10.0 Å². The van der Waals surface area contributed by atoms with Gasteiger partial charge in [0.15, 0.2) is 0 Å². The molecule has 2 aromatic rings. The van der Waals surface area contributed by atoms with Gasteiger partial charge < -0.3 is 14.2 Å². The average molecular weight is 418 g/mol. The van der Waals surface area contributed by atoms with Crippen LogP contribution < -0.4 is 14.2 Å². The Labute approximate surface area is 172 Å². The minimum Gasteiger partial charge on any atom is -0.496 e. The fourth-order valence-electron chi connectivity index (χ4n) is 4.66. The Morgan fingerprint density at radius 2 is 1.69 bits per heavy atom. The van der Waals surface area contributed by atoms with Crippen LogP contribution in [0.15, 0.2) is 36.4 Å². The van der Waals surface area contributed by atoms with Crippen LogP contribution in [0.25, 0.3) is 0 Å². The lowest BCUT2D eigenvalue weighted by Crippen LogP contribution is -2.34. The Kier molecular flexibility index (Phi) is 5.44. The topological polar surface area (TPSA) is 73.9 Å². The van der Waals surface area contributed by atoms with E-state index in [1.807, 2.05) is 30.3 Å². The van der Waals surface area contributed by atoms with Crippen molar-refractivity contribution in [3.63, 3.8) is 0 Å². The third kappa shape index (κ3) is 3.94. The highest BCUT2D eigenvalue weighted by molar-refractivity contribution is 7.92. The minimum atomic E-state index is -3.36. The fraction of sp³-hybridized carbons (Fsp3) is 0.455. The van der Waals surface area contributed by atoms with Gasteiger partial charge in [0.1, 0.15) is 17.6 Å². The van der Waals surface area contributed by atoms with Crippen molar-refractivity contribution in [2.45, 2.75) is 43.8 Å². The van der Waals surface area contributed by atoms with E-state index >= 15 is 0 Å². The molecule has 1 N–H and O–H groups in total. The lowest BCUT2D eigenvalue weighted by Gasteiger charge is -2.42. The van der Waals surface area contributed by atoms with E-state index in [1.165, 1.54) is 6.42 Å². The summed E-state index contributed by atoms with van der Waals surface area (Å²) in [6.07, 6.45) is 5.27. The second-order valence-electron chi connectivity index (χ2n) is 7.74. The fourth-order valence-corrected chi connectivity index (χ4v) is 5.22. The molecule has 1 fully saturated rings. The van der Waals surface area contributed by atoms with Gasteiger partial charge in [-0.2, -0.15) is 0 Å². The largest absolute Gasteiger partial charge is 0.496 e. The molecule has 1 saturated carbocycles. The second kappa shape index (κ2) is 7.88. The van der Waals surface area contributed by atoms with E-state index in [9.17, 15) is 8.42 Å². The van der Waals surface area contributed by atoms with E-state index in [4.69, 9.17) is 14.2 Å². The number of hydrogen-bond acceptors (Lipinski definition) is 5. The summed E-state index contributed by atoms with van der Waals surface area (Å²) >= 11 is 0. The Balaban J connectivity index is 1.86. The minimum absolute atomic E-state index is 0.105. The number of anilines is 1. The molecule has 2 aliphatic rings. The quantitative estimate of drug-likeness (QED) is 0.788. The number of rotatable bonds is 5. The molecule has 156 valence electrons. The molecule has 2 aromatic carbocycles. The monoisotopic (exact) mass is 417 g/mol. The first-order chi connectivity index (χ1) is 13.9.